The van der Waals surface area contributed by atoms with Crippen LogP contribution >= 0.6 is 8.58 Å². The SMILES string of the molecule is CNCc1ccccc1Pc1cc([Si](C)(C)C)ccc1O. The molecule has 0 aliphatic rings. The van der Waals surface area contributed by atoms with Crippen LogP contribution < -0.4 is 21.1 Å². The fraction of sp³-hybridized carbons (Fsp3) is 0.294. The fourth-order valence-electron chi connectivity index (χ4n) is 2.23. The molecule has 0 aliphatic heterocycles. The number of hydrogen-bond donors (Lipinski definition) is 2. The summed E-state index contributed by atoms with van der Waals surface area (Å²) in [5, 5.41) is 17.2. The van der Waals surface area contributed by atoms with Gasteiger partial charge in [-0.2, -0.15) is 0 Å². The Morgan fingerprint density at radius 3 is 2.43 bits per heavy atom. The number of phenolic OH excluding ortho intramolecular Hbond substituents is 1. The molecular formula is C17H24NOPSi. The Kier molecular flexibility index (Phi) is 5.21. The van der Waals surface area contributed by atoms with Gasteiger partial charge in [-0.3, -0.25) is 0 Å². The molecule has 0 aromatic heterocycles. The van der Waals surface area contributed by atoms with Crippen molar-refractivity contribution < 1.29 is 5.11 Å². The second-order valence-corrected chi connectivity index (χ2v) is 12.7. The van der Waals surface area contributed by atoms with Crippen LogP contribution in [0.5, 0.6) is 5.75 Å². The summed E-state index contributed by atoms with van der Waals surface area (Å²) < 4.78 is 0. The molecule has 4 heteroatoms. The van der Waals surface area contributed by atoms with Crippen LogP contribution in [0.15, 0.2) is 42.5 Å². The molecule has 0 amide bonds. The lowest BCUT2D eigenvalue weighted by molar-refractivity contribution is 0.480. The van der Waals surface area contributed by atoms with Crippen LogP contribution in [0.1, 0.15) is 5.56 Å². The Balaban J connectivity index is 2.35. The molecule has 0 saturated carbocycles. The number of aromatic hydroxyl groups is 1. The van der Waals surface area contributed by atoms with Crippen LogP contribution in [-0.2, 0) is 6.54 Å². The van der Waals surface area contributed by atoms with E-state index in [4.69, 9.17) is 0 Å². The van der Waals surface area contributed by atoms with Gasteiger partial charge in [0.25, 0.3) is 0 Å². The van der Waals surface area contributed by atoms with Crippen LogP contribution in [0.25, 0.3) is 0 Å². The van der Waals surface area contributed by atoms with Gasteiger partial charge in [-0.15, -0.1) is 0 Å². The highest BCUT2D eigenvalue weighted by atomic mass is 31.1. The second kappa shape index (κ2) is 6.74. The maximum Gasteiger partial charge on any atom is 0.123 e. The number of hydrogen-bond acceptors (Lipinski definition) is 2. The maximum atomic E-state index is 10.2. The standard InChI is InChI=1S/C17H24NOPSi/c1-18-12-13-7-5-6-8-16(13)20-17-11-14(21(2,3)4)9-10-15(17)19/h5-11,18-20H,12H2,1-4H3. The molecule has 2 N–H and O–H groups in total. The Labute approximate surface area is 130 Å². The van der Waals surface area contributed by atoms with Crippen molar-refractivity contribution in [3.8, 4) is 5.75 Å². The van der Waals surface area contributed by atoms with Crippen molar-refractivity contribution in [3.05, 3.63) is 48.0 Å². The van der Waals surface area contributed by atoms with E-state index in [-0.39, 0.29) is 0 Å². The van der Waals surface area contributed by atoms with Gasteiger partial charge < -0.3 is 10.4 Å². The Bertz CT molecular complexity index is 622. The van der Waals surface area contributed by atoms with E-state index in [0.717, 1.165) is 11.8 Å². The molecule has 0 saturated heterocycles. The van der Waals surface area contributed by atoms with Crippen molar-refractivity contribution >= 4 is 32.5 Å². The predicted molar refractivity (Wildman–Crippen MR) is 97.9 cm³/mol. The summed E-state index contributed by atoms with van der Waals surface area (Å²) in [5.41, 5.74) is 1.30. The van der Waals surface area contributed by atoms with E-state index in [1.165, 1.54) is 16.1 Å². The molecule has 0 fully saturated rings. The minimum Gasteiger partial charge on any atom is -0.507 e. The number of benzene rings is 2. The van der Waals surface area contributed by atoms with Crippen molar-refractivity contribution in [1.82, 2.24) is 5.32 Å². The van der Waals surface area contributed by atoms with Gasteiger partial charge in [0.2, 0.25) is 0 Å². The lowest BCUT2D eigenvalue weighted by Crippen LogP contribution is -2.38. The first-order chi connectivity index (χ1) is 9.91. The van der Waals surface area contributed by atoms with E-state index in [2.05, 4.69) is 61.4 Å². The summed E-state index contributed by atoms with van der Waals surface area (Å²) in [6, 6.07) is 14.6. The van der Waals surface area contributed by atoms with E-state index in [9.17, 15) is 5.11 Å². The lowest BCUT2D eigenvalue weighted by atomic mass is 10.2. The quantitative estimate of drug-likeness (QED) is 0.655. The largest absolute Gasteiger partial charge is 0.507 e. The highest BCUT2D eigenvalue weighted by Gasteiger charge is 2.18. The summed E-state index contributed by atoms with van der Waals surface area (Å²) >= 11 is 0. The topological polar surface area (TPSA) is 32.3 Å². The fourth-order valence-corrected chi connectivity index (χ4v) is 4.78. The summed E-state index contributed by atoms with van der Waals surface area (Å²) in [5.74, 6) is 0.412. The molecule has 0 heterocycles. The van der Waals surface area contributed by atoms with Gasteiger partial charge in [0.15, 0.2) is 0 Å². The molecule has 21 heavy (non-hydrogen) atoms. The number of nitrogens with one attached hydrogen (secondary N) is 1. The molecule has 1 unspecified atom stereocenters. The van der Waals surface area contributed by atoms with Gasteiger partial charge >= 0.3 is 0 Å². The first-order valence-corrected chi connectivity index (χ1v) is 11.7. The second-order valence-electron chi connectivity index (χ2n) is 6.29. The molecule has 0 spiro atoms. The zero-order valence-electron chi connectivity index (χ0n) is 13.2. The van der Waals surface area contributed by atoms with Crippen molar-refractivity contribution in [2.24, 2.45) is 0 Å². The van der Waals surface area contributed by atoms with Gasteiger partial charge in [0, 0.05) is 11.8 Å². The Morgan fingerprint density at radius 1 is 1.05 bits per heavy atom. The smallest absolute Gasteiger partial charge is 0.123 e. The van der Waals surface area contributed by atoms with Gasteiger partial charge in [-0.25, -0.2) is 0 Å². The van der Waals surface area contributed by atoms with E-state index in [1.807, 2.05) is 13.1 Å². The highest BCUT2D eigenvalue weighted by Crippen LogP contribution is 2.20. The van der Waals surface area contributed by atoms with Crippen molar-refractivity contribution in [2.75, 3.05) is 7.05 Å². The molecule has 0 aliphatic carbocycles. The monoisotopic (exact) mass is 317 g/mol. The zero-order chi connectivity index (χ0) is 15.5. The van der Waals surface area contributed by atoms with Crippen LogP contribution in [0.4, 0.5) is 0 Å². The normalized spacial score (nSPS) is 12.2. The third kappa shape index (κ3) is 4.16. The zero-order valence-corrected chi connectivity index (χ0v) is 15.2. The number of phenols is 1. The summed E-state index contributed by atoms with van der Waals surface area (Å²) in [6.07, 6.45) is 0. The maximum absolute atomic E-state index is 10.2. The van der Waals surface area contributed by atoms with E-state index in [1.54, 1.807) is 0 Å². The first-order valence-electron chi connectivity index (χ1n) is 7.25. The third-order valence-corrected chi connectivity index (χ3v) is 6.99. The molecule has 2 nitrogen and oxygen atoms in total. The van der Waals surface area contributed by atoms with Gasteiger partial charge in [0.1, 0.15) is 5.75 Å². The summed E-state index contributed by atoms with van der Waals surface area (Å²) in [6.45, 7) is 7.86. The van der Waals surface area contributed by atoms with Gasteiger partial charge in [0.05, 0.1) is 8.07 Å². The first kappa shape index (κ1) is 16.2. The minimum atomic E-state index is -1.35. The molecule has 1 atom stereocenters. The van der Waals surface area contributed by atoms with Gasteiger partial charge in [-0.1, -0.05) is 69.8 Å². The van der Waals surface area contributed by atoms with Crippen molar-refractivity contribution in [3.63, 3.8) is 0 Å². The average Bonchev–Trinajstić information content (AvgIpc) is 2.42. The highest BCUT2D eigenvalue weighted by molar-refractivity contribution is 7.56. The summed E-state index contributed by atoms with van der Waals surface area (Å²) in [7, 11) is 1.10. The molecular weight excluding hydrogens is 293 g/mol. The predicted octanol–water partition coefficient (Wildman–Crippen LogP) is 2.29. The molecule has 2 rings (SSSR count). The molecule has 2 aromatic carbocycles. The van der Waals surface area contributed by atoms with Crippen LogP contribution in [0.2, 0.25) is 19.6 Å². The van der Waals surface area contributed by atoms with E-state index >= 15 is 0 Å². The van der Waals surface area contributed by atoms with Crippen molar-refractivity contribution in [1.29, 1.82) is 0 Å². The Morgan fingerprint density at radius 2 is 1.76 bits per heavy atom. The number of rotatable bonds is 5. The van der Waals surface area contributed by atoms with Crippen LogP contribution in [0.3, 0.4) is 0 Å². The third-order valence-electron chi connectivity index (χ3n) is 3.52. The van der Waals surface area contributed by atoms with E-state index < -0.39 is 8.07 Å². The van der Waals surface area contributed by atoms with E-state index in [0.29, 0.717) is 14.3 Å². The lowest BCUT2D eigenvalue weighted by Gasteiger charge is -2.19. The molecule has 0 bridgehead atoms. The van der Waals surface area contributed by atoms with Crippen molar-refractivity contribution in [2.45, 2.75) is 26.2 Å². The Hall–Kier alpha value is -1.15. The minimum absolute atomic E-state index is 0.412. The molecule has 112 valence electrons. The van der Waals surface area contributed by atoms with Crippen LogP contribution in [-0.4, -0.2) is 20.2 Å². The molecule has 0 radical (unpaired) electrons. The average molecular weight is 317 g/mol. The van der Waals surface area contributed by atoms with Gasteiger partial charge in [-0.05, 0) is 24.0 Å². The van der Waals surface area contributed by atoms with Crippen LogP contribution in [0, 0.1) is 0 Å². The summed E-state index contributed by atoms with van der Waals surface area (Å²) in [4.78, 5) is 0. The molecule has 2 aromatic rings.